The average Bonchev–Trinajstić information content (AvgIpc) is 3.38. The summed E-state index contributed by atoms with van der Waals surface area (Å²) in [6.45, 7) is 6.25. The summed E-state index contributed by atoms with van der Waals surface area (Å²) in [6, 6.07) is 1.71. The summed E-state index contributed by atoms with van der Waals surface area (Å²) in [5, 5.41) is 24.4. The third-order valence-corrected chi connectivity index (χ3v) is 10.1. The van der Waals surface area contributed by atoms with Crippen LogP contribution >= 0.6 is 0 Å². The molecular weight excluding hydrogens is 472 g/mol. The minimum absolute atomic E-state index is 0.400. The maximum absolute atomic E-state index is 14.4. The number of rotatable bonds is 2. The van der Waals surface area contributed by atoms with Gasteiger partial charge in [0.2, 0.25) is 11.6 Å². The molecule has 4 fully saturated rings. The molecule has 9 atom stereocenters. The molecule has 1 aromatic rings. The first kappa shape index (κ1) is 23.8. The molecule has 2 saturated carbocycles. The number of carbonyl (C=O) groups is 3. The number of epoxide rings is 1. The molecule has 0 amide bonds. The lowest BCUT2D eigenvalue weighted by molar-refractivity contribution is -0.346. The molecule has 2 saturated heterocycles. The van der Waals surface area contributed by atoms with Gasteiger partial charge in [0.05, 0.1) is 17.9 Å². The molecule has 1 spiro atoms. The average molecular weight is 503 g/mol. The van der Waals surface area contributed by atoms with Crippen molar-refractivity contribution in [3.8, 4) is 0 Å². The van der Waals surface area contributed by atoms with Crippen molar-refractivity contribution < 1.29 is 48.0 Å². The highest BCUT2D eigenvalue weighted by atomic mass is 16.7. The number of methoxy groups -OCH3 is 1. The van der Waals surface area contributed by atoms with Crippen molar-refractivity contribution in [3.63, 3.8) is 0 Å². The standard InChI is InChI=1S/C26H30O10/c1-21(2)25(30)20(29)26(31,32-5)23(4)15(22(25,3)10-8-16(27)35-21)7-6-14-17(13-9-11-33-12-13)34-19(28)18-24(14,23)36-18/h8-12,14-15,17-18,30-31H,6-7H2,1-5H3. The van der Waals surface area contributed by atoms with Crippen molar-refractivity contribution in [3.05, 3.63) is 36.3 Å². The van der Waals surface area contributed by atoms with Crippen molar-refractivity contribution in [1.82, 2.24) is 0 Å². The summed E-state index contributed by atoms with van der Waals surface area (Å²) >= 11 is 0. The molecule has 4 heterocycles. The van der Waals surface area contributed by atoms with E-state index in [1.807, 2.05) is 0 Å². The van der Waals surface area contributed by atoms with Gasteiger partial charge in [-0.05, 0) is 38.7 Å². The van der Waals surface area contributed by atoms with Gasteiger partial charge in [-0.1, -0.05) is 19.9 Å². The normalized spacial score (nSPS) is 50.6. The van der Waals surface area contributed by atoms with Crippen LogP contribution in [-0.2, 0) is 33.3 Å². The van der Waals surface area contributed by atoms with E-state index in [1.54, 1.807) is 19.9 Å². The molecule has 10 heteroatoms. The van der Waals surface area contributed by atoms with Crippen molar-refractivity contribution in [2.75, 3.05) is 7.11 Å². The fraction of sp³-hybridized carbons (Fsp3) is 0.654. The number of Topliss-reactive ketones (excluding diaryl/α,β-unsaturated/α-hetero) is 1. The van der Waals surface area contributed by atoms with Gasteiger partial charge >= 0.3 is 11.9 Å². The van der Waals surface area contributed by atoms with Crippen LogP contribution in [-0.4, -0.2) is 63.7 Å². The summed E-state index contributed by atoms with van der Waals surface area (Å²) in [4.78, 5) is 40.0. The Balaban J connectivity index is 1.61. The number of hydrogen-bond donors (Lipinski definition) is 2. The number of hydrogen-bond acceptors (Lipinski definition) is 10. The topological polar surface area (TPSA) is 145 Å². The summed E-state index contributed by atoms with van der Waals surface area (Å²) in [5.41, 5.74) is -7.66. The monoisotopic (exact) mass is 502 g/mol. The molecular formula is C26H30O10. The zero-order valence-electron chi connectivity index (χ0n) is 20.8. The Labute approximate surface area is 207 Å². The molecule has 0 radical (unpaired) electrons. The summed E-state index contributed by atoms with van der Waals surface area (Å²) in [6.07, 6.45) is 4.84. The highest BCUT2D eigenvalue weighted by Gasteiger charge is 2.91. The molecule has 9 unspecified atom stereocenters. The molecule has 2 aliphatic carbocycles. The Bertz CT molecular complexity index is 1200. The maximum Gasteiger partial charge on any atom is 0.339 e. The number of esters is 2. The van der Waals surface area contributed by atoms with Crippen molar-refractivity contribution in [1.29, 1.82) is 0 Å². The van der Waals surface area contributed by atoms with Crippen molar-refractivity contribution >= 4 is 17.7 Å². The SMILES string of the molecule is COC1(O)C(=O)C2(O)C(C)(C)OC(=O)C=CC2(C)C2CCC3C(c4ccoc4)OC(=O)C4OC43C21C. The molecule has 36 heavy (non-hydrogen) atoms. The maximum atomic E-state index is 14.4. The fourth-order valence-corrected chi connectivity index (χ4v) is 8.39. The molecule has 10 nitrogen and oxygen atoms in total. The second-order valence-electron chi connectivity index (χ2n) is 11.6. The van der Waals surface area contributed by atoms with Gasteiger partial charge in [-0.15, -0.1) is 0 Å². The first-order valence-corrected chi connectivity index (χ1v) is 12.1. The van der Waals surface area contributed by atoms with Crippen LogP contribution in [0.1, 0.15) is 52.2 Å². The lowest BCUT2D eigenvalue weighted by Crippen LogP contribution is -2.84. The van der Waals surface area contributed by atoms with Crippen LogP contribution in [0.2, 0.25) is 0 Å². The van der Waals surface area contributed by atoms with E-state index in [9.17, 15) is 24.6 Å². The van der Waals surface area contributed by atoms with Crippen LogP contribution in [0.4, 0.5) is 0 Å². The number of cyclic esters (lactones) is 2. The van der Waals surface area contributed by atoms with Gasteiger partial charge in [0.1, 0.15) is 17.3 Å². The Morgan fingerprint density at radius 1 is 1.08 bits per heavy atom. The van der Waals surface area contributed by atoms with Gasteiger partial charge in [0.25, 0.3) is 0 Å². The molecule has 0 bridgehead atoms. The second kappa shape index (κ2) is 6.66. The van der Waals surface area contributed by atoms with Crippen LogP contribution < -0.4 is 0 Å². The van der Waals surface area contributed by atoms with E-state index >= 15 is 0 Å². The molecule has 6 rings (SSSR count). The van der Waals surface area contributed by atoms with Gasteiger partial charge < -0.3 is 33.6 Å². The van der Waals surface area contributed by atoms with Crippen LogP contribution in [0, 0.1) is 22.7 Å². The first-order valence-electron chi connectivity index (χ1n) is 12.1. The van der Waals surface area contributed by atoms with Crippen LogP contribution in [0.3, 0.4) is 0 Å². The minimum Gasteiger partial charge on any atom is -0.472 e. The highest BCUT2D eigenvalue weighted by Crippen LogP contribution is 2.77. The Hall–Kier alpha value is -2.53. The second-order valence-corrected chi connectivity index (χ2v) is 11.6. The van der Waals surface area contributed by atoms with Crippen LogP contribution in [0.15, 0.2) is 35.2 Å². The van der Waals surface area contributed by atoms with Gasteiger partial charge in [0, 0.05) is 30.1 Å². The largest absolute Gasteiger partial charge is 0.472 e. The van der Waals surface area contributed by atoms with E-state index in [4.69, 9.17) is 23.4 Å². The Morgan fingerprint density at radius 2 is 1.81 bits per heavy atom. The van der Waals surface area contributed by atoms with Crippen LogP contribution in [0.25, 0.3) is 0 Å². The van der Waals surface area contributed by atoms with E-state index < -0.39 is 75.2 Å². The number of fused-ring (bicyclic) bond motifs is 3. The molecule has 1 aromatic heterocycles. The molecule has 0 aromatic carbocycles. The summed E-state index contributed by atoms with van der Waals surface area (Å²) in [7, 11) is 1.18. The summed E-state index contributed by atoms with van der Waals surface area (Å²) < 4.78 is 28.3. The van der Waals surface area contributed by atoms with E-state index in [-0.39, 0.29) is 0 Å². The van der Waals surface area contributed by atoms with Crippen LogP contribution in [0.5, 0.6) is 0 Å². The van der Waals surface area contributed by atoms with E-state index in [1.165, 1.54) is 45.6 Å². The smallest absolute Gasteiger partial charge is 0.339 e. The third kappa shape index (κ3) is 2.23. The highest BCUT2D eigenvalue weighted by molar-refractivity contribution is 6.00. The Kier molecular flexibility index (Phi) is 4.41. The summed E-state index contributed by atoms with van der Waals surface area (Å²) in [5.74, 6) is -6.05. The zero-order valence-corrected chi connectivity index (χ0v) is 20.8. The number of furan rings is 1. The van der Waals surface area contributed by atoms with Gasteiger partial charge in [0.15, 0.2) is 11.7 Å². The van der Waals surface area contributed by atoms with E-state index in [0.717, 1.165) is 0 Å². The predicted octanol–water partition coefficient (Wildman–Crippen LogP) is 1.59. The van der Waals surface area contributed by atoms with Gasteiger partial charge in [-0.2, -0.15) is 0 Å². The number of carbonyl (C=O) groups excluding carboxylic acids is 3. The van der Waals surface area contributed by atoms with Gasteiger partial charge in [-0.3, -0.25) is 4.79 Å². The Morgan fingerprint density at radius 3 is 2.44 bits per heavy atom. The van der Waals surface area contributed by atoms with Gasteiger partial charge in [-0.25, -0.2) is 9.59 Å². The number of aliphatic hydroxyl groups is 2. The van der Waals surface area contributed by atoms with Crippen molar-refractivity contribution in [2.24, 2.45) is 22.7 Å². The van der Waals surface area contributed by atoms with E-state index in [0.29, 0.717) is 18.4 Å². The molecule has 2 N–H and O–H groups in total. The van der Waals surface area contributed by atoms with Crippen molar-refractivity contribution in [2.45, 2.75) is 75.3 Å². The van der Waals surface area contributed by atoms with E-state index in [2.05, 4.69) is 0 Å². The molecule has 5 aliphatic rings. The number of ketones is 1. The fourth-order valence-electron chi connectivity index (χ4n) is 8.39. The lowest BCUT2D eigenvalue weighted by atomic mass is 9.37. The lowest BCUT2D eigenvalue weighted by Gasteiger charge is -2.68. The third-order valence-electron chi connectivity index (χ3n) is 10.1. The number of ether oxygens (including phenoxy) is 4. The first-order chi connectivity index (χ1) is 16.8. The quantitative estimate of drug-likeness (QED) is 0.347. The molecule has 3 aliphatic heterocycles. The molecule has 194 valence electrons. The minimum atomic E-state index is -2.58. The predicted molar refractivity (Wildman–Crippen MR) is 119 cm³/mol. The zero-order chi connectivity index (χ0) is 26.1.